The second kappa shape index (κ2) is 4.28. The molecule has 0 aliphatic heterocycles. The first-order valence-corrected chi connectivity index (χ1v) is 6.66. The van der Waals surface area contributed by atoms with Crippen molar-refractivity contribution < 1.29 is 9.57 Å². The smallest absolute Gasteiger partial charge is 0.105 e. The molecule has 4 aliphatic carbocycles. The van der Waals surface area contributed by atoms with Gasteiger partial charge in [0.15, 0.2) is 0 Å². The minimum absolute atomic E-state index is 0.125. The van der Waals surface area contributed by atoms with Crippen LogP contribution < -0.4 is 5.90 Å². The molecule has 4 bridgehead atoms. The second-order valence-corrected chi connectivity index (χ2v) is 6.14. The minimum Gasteiger partial charge on any atom is -0.382 e. The number of nitrogens with two attached hydrogens (primary N) is 1. The monoisotopic (exact) mass is 225 g/mol. The molecule has 0 aromatic carbocycles. The predicted molar refractivity (Wildman–Crippen MR) is 61.5 cm³/mol. The molecule has 0 aromatic rings. The van der Waals surface area contributed by atoms with Crippen LogP contribution >= 0.6 is 0 Å². The molecule has 2 N–H and O–H groups in total. The summed E-state index contributed by atoms with van der Waals surface area (Å²) in [5.74, 6) is 9.87. The summed E-state index contributed by atoms with van der Waals surface area (Å²) in [7, 11) is 1.74. The summed E-state index contributed by atoms with van der Waals surface area (Å²) in [6.07, 6.45) is 7.29. The highest BCUT2D eigenvalue weighted by atomic mass is 16.6. The van der Waals surface area contributed by atoms with Crippen molar-refractivity contribution in [3.05, 3.63) is 0 Å². The van der Waals surface area contributed by atoms with Crippen molar-refractivity contribution >= 4 is 0 Å². The van der Waals surface area contributed by atoms with Crippen LogP contribution in [0.15, 0.2) is 0 Å². The van der Waals surface area contributed by atoms with Crippen LogP contribution in [0.5, 0.6) is 0 Å². The highest BCUT2D eigenvalue weighted by Gasteiger charge is 2.50. The van der Waals surface area contributed by atoms with Crippen LogP contribution in [0.25, 0.3) is 0 Å². The van der Waals surface area contributed by atoms with Crippen molar-refractivity contribution in [2.75, 3.05) is 13.7 Å². The molecule has 16 heavy (non-hydrogen) atoms. The molecule has 3 heteroatoms. The molecule has 1 unspecified atom stereocenters. The Hall–Kier alpha value is -0.120. The van der Waals surface area contributed by atoms with Crippen LogP contribution in [0.2, 0.25) is 0 Å². The zero-order valence-corrected chi connectivity index (χ0v) is 10.1. The van der Waals surface area contributed by atoms with E-state index in [1.165, 1.54) is 32.1 Å². The first-order valence-electron chi connectivity index (χ1n) is 6.66. The Morgan fingerprint density at radius 2 is 1.62 bits per heavy atom. The van der Waals surface area contributed by atoms with Gasteiger partial charge < -0.3 is 4.74 Å². The molecule has 0 amide bonds. The summed E-state index contributed by atoms with van der Waals surface area (Å²) in [6.45, 7) is 0.656. The van der Waals surface area contributed by atoms with E-state index in [2.05, 4.69) is 0 Å². The quantitative estimate of drug-likeness (QED) is 0.744. The van der Waals surface area contributed by atoms with Crippen LogP contribution in [0, 0.1) is 29.6 Å². The number of ether oxygens (including phenoxy) is 1. The van der Waals surface area contributed by atoms with Crippen molar-refractivity contribution in [1.82, 2.24) is 0 Å². The van der Waals surface area contributed by atoms with E-state index in [4.69, 9.17) is 15.5 Å². The average Bonchev–Trinajstić information content (AvgIpc) is 2.26. The number of methoxy groups -OCH3 is 1. The van der Waals surface area contributed by atoms with Gasteiger partial charge >= 0.3 is 0 Å². The average molecular weight is 225 g/mol. The Labute approximate surface area is 97.6 Å². The van der Waals surface area contributed by atoms with Crippen LogP contribution in [-0.2, 0) is 9.57 Å². The van der Waals surface area contributed by atoms with E-state index >= 15 is 0 Å². The largest absolute Gasteiger partial charge is 0.382 e. The van der Waals surface area contributed by atoms with Gasteiger partial charge in [-0.25, -0.2) is 5.90 Å². The van der Waals surface area contributed by atoms with E-state index in [0.29, 0.717) is 12.5 Å². The van der Waals surface area contributed by atoms with Gasteiger partial charge in [-0.05, 0) is 61.7 Å². The molecule has 4 aliphatic rings. The fourth-order valence-electron chi connectivity index (χ4n) is 4.98. The molecule has 0 spiro atoms. The third-order valence-corrected chi connectivity index (χ3v) is 5.23. The molecule has 1 atom stereocenters. The predicted octanol–water partition coefficient (Wildman–Crippen LogP) is 1.96. The van der Waals surface area contributed by atoms with Crippen molar-refractivity contribution in [2.24, 2.45) is 35.5 Å². The third kappa shape index (κ3) is 1.69. The molecular weight excluding hydrogens is 202 g/mol. The zero-order valence-electron chi connectivity index (χ0n) is 10.1. The summed E-state index contributed by atoms with van der Waals surface area (Å²) in [5, 5.41) is 0. The van der Waals surface area contributed by atoms with Crippen LogP contribution in [0.4, 0.5) is 0 Å². The highest BCUT2D eigenvalue weighted by Crippen LogP contribution is 2.57. The highest BCUT2D eigenvalue weighted by molar-refractivity contribution is 5.00. The lowest BCUT2D eigenvalue weighted by Gasteiger charge is -2.55. The molecule has 0 radical (unpaired) electrons. The van der Waals surface area contributed by atoms with Gasteiger partial charge in [0.05, 0.1) is 6.61 Å². The van der Waals surface area contributed by atoms with Crippen molar-refractivity contribution in [1.29, 1.82) is 0 Å². The molecule has 4 saturated carbocycles. The van der Waals surface area contributed by atoms with Gasteiger partial charge in [0, 0.05) is 7.11 Å². The van der Waals surface area contributed by atoms with Crippen LogP contribution in [-0.4, -0.2) is 19.8 Å². The maximum Gasteiger partial charge on any atom is 0.105 e. The van der Waals surface area contributed by atoms with Gasteiger partial charge in [-0.1, -0.05) is 0 Å². The van der Waals surface area contributed by atoms with Gasteiger partial charge in [0.25, 0.3) is 0 Å². The molecule has 0 saturated heterocycles. The van der Waals surface area contributed by atoms with Gasteiger partial charge in [-0.2, -0.15) is 0 Å². The fourth-order valence-corrected chi connectivity index (χ4v) is 4.98. The van der Waals surface area contributed by atoms with Crippen molar-refractivity contribution in [3.8, 4) is 0 Å². The maximum absolute atomic E-state index is 5.46. The Morgan fingerprint density at radius 3 is 2.06 bits per heavy atom. The molecule has 92 valence electrons. The van der Waals surface area contributed by atoms with E-state index < -0.39 is 0 Å². The first kappa shape index (κ1) is 11.0. The second-order valence-electron chi connectivity index (χ2n) is 6.14. The van der Waals surface area contributed by atoms with E-state index in [9.17, 15) is 0 Å². The molecular formula is C13H23NO2. The van der Waals surface area contributed by atoms with Crippen molar-refractivity contribution in [3.63, 3.8) is 0 Å². The summed E-state index contributed by atoms with van der Waals surface area (Å²) >= 11 is 0. The van der Waals surface area contributed by atoms with Gasteiger partial charge in [-0.3, -0.25) is 4.84 Å². The van der Waals surface area contributed by atoms with E-state index in [-0.39, 0.29) is 6.10 Å². The first-order chi connectivity index (χ1) is 7.81. The summed E-state index contributed by atoms with van der Waals surface area (Å²) in [4.78, 5) is 5.19. The summed E-state index contributed by atoms with van der Waals surface area (Å²) in [5.41, 5.74) is 0. The van der Waals surface area contributed by atoms with Crippen LogP contribution in [0.1, 0.15) is 32.1 Å². The Kier molecular flexibility index (Phi) is 2.94. The molecule has 3 nitrogen and oxygen atoms in total. The van der Waals surface area contributed by atoms with Gasteiger partial charge in [0.1, 0.15) is 6.10 Å². The summed E-state index contributed by atoms with van der Waals surface area (Å²) in [6, 6.07) is 0. The normalized spacial score (nSPS) is 47.2. The summed E-state index contributed by atoms with van der Waals surface area (Å²) < 4.78 is 5.25. The number of hydrogen-bond donors (Lipinski definition) is 1. The SMILES string of the molecule is COCC(ON)C1C2CC3CC(C2)CC1C3. The third-order valence-electron chi connectivity index (χ3n) is 5.23. The lowest BCUT2D eigenvalue weighted by Crippen LogP contribution is -2.51. The van der Waals surface area contributed by atoms with Gasteiger partial charge in [0.2, 0.25) is 0 Å². The Morgan fingerprint density at radius 1 is 1.06 bits per heavy atom. The minimum atomic E-state index is 0.125. The Balaban J connectivity index is 1.75. The standard InChI is InChI=1S/C13H23NO2/c1-15-7-12(16-14)13-10-3-8-2-9(5-10)6-11(13)4-8/h8-13H,2-7,14H2,1H3. The number of rotatable bonds is 4. The molecule has 0 heterocycles. The van der Waals surface area contributed by atoms with E-state index in [1.54, 1.807) is 7.11 Å². The Bertz CT molecular complexity index is 226. The van der Waals surface area contributed by atoms with E-state index in [0.717, 1.165) is 23.7 Å². The zero-order chi connectivity index (χ0) is 11.1. The molecule has 4 rings (SSSR count). The topological polar surface area (TPSA) is 44.5 Å². The fraction of sp³-hybridized carbons (Fsp3) is 1.00. The van der Waals surface area contributed by atoms with Crippen LogP contribution in [0.3, 0.4) is 0 Å². The molecule has 0 aromatic heterocycles. The van der Waals surface area contributed by atoms with Crippen molar-refractivity contribution in [2.45, 2.75) is 38.2 Å². The molecule has 4 fully saturated rings. The lowest BCUT2D eigenvalue weighted by atomic mass is 9.51. The lowest BCUT2D eigenvalue weighted by molar-refractivity contribution is -0.130. The maximum atomic E-state index is 5.46. The van der Waals surface area contributed by atoms with Gasteiger partial charge in [-0.15, -0.1) is 0 Å². The number of hydrogen-bond acceptors (Lipinski definition) is 3. The van der Waals surface area contributed by atoms with E-state index in [1.807, 2.05) is 0 Å².